The molecule has 0 aliphatic carbocycles. The van der Waals surface area contributed by atoms with E-state index in [1.165, 1.54) is 11.8 Å². The first-order valence-corrected chi connectivity index (χ1v) is 4.72. The highest BCUT2D eigenvalue weighted by molar-refractivity contribution is 5.92. The summed E-state index contributed by atoms with van der Waals surface area (Å²) >= 11 is 0. The maximum atomic E-state index is 10.8. The predicted octanol–water partition coefficient (Wildman–Crippen LogP) is 1.56. The third kappa shape index (κ3) is 3.81. The zero-order valence-electron chi connectivity index (χ0n) is 8.95. The molecule has 1 aromatic rings. The van der Waals surface area contributed by atoms with Gasteiger partial charge in [-0.1, -0.05) is 11.6 Å². The van der Waals surface area contributed by atoms with Crippen LogP contribution in [0.1, 0.15) is 24.2 Å². The summed E-state index contributed by atoms with van der Waals surface area (Å²) in [5.74, 6) is 0.274. The van der Waals surface area contributed by atoms with E-state index < -0.39 is 5.91 Å². The minimum atomic E-state index is -0.460. The number of allylic oxidation sites excluding steroid dienone is 1. The average molecular weight is 205 g/mol. The van der Waals surface area contributed by atoms with Gasteiger partial charge in [-0.05, 0) is 26.0 Å². The molecule has 15 heavy (non-hydrogen) atoms. The predicted molar refractivity (Wildman–Crippen MR) is 60.7 cm³/mol. The van der Waals surface area contributed by atoms with E-state index in [2.05, 4.69) is 16.4 Å². The van der Waals surface area contributed by atoms with Gasteiger partial charge in [-0.25, -0.2) is 4.98 Å². The Balaban J connectivity index is 2.57. The molecule has 0 fully saturated rings. The summed E-state index contributed by atoms with van der Waals surface area (Å²) in [4.78, 5) is 14.8. The number of nitrogens with zero attached hydrogens (tertiary/aromatic N) is 1. The van der Waals surface area contributed by atoms with E-state index in [4.69, 9.17) is 5.73 Å². The molecule has 1 amide bonds. The summed E-state index contributed by atoms with van der Waals surface area (Å²) in [6, 6.07) is 3.39. The van der Waals surface area contributed by atoms with Crippen LogP contribution in [0.15, 0.2) is 30.0 Å². The summed E-state index contributed by atoms with van der Waals surface area (Å²) in [6.07, 6.45) is 3.52. The highest BCUT2D eigenvalue weighted by atomic mass is 16.1. The number of anilines is 1. The molecule has 0 aromatic carbocycles. The van der Waals surface area contributed by atoms with Crippen molar-refractivity contribution >= 4 is 11.7 Å². The molecule has 1 rings (SSSR count). The maximum Gasteiger partial charge on any atom is 0.250 e. The number of primary amides is 1. The van der Waals surface area contributed by atoms with Gasteiger partial charge in [0.05, 0.1) is 5.56 Å². The minimum Gasteiger partial charge on any atom is -0.367 e. The molecule has 0 bridgehead atoms. The summed E-state index contributed by atoms with van der Waals surface area (Å²) in [7, 11) is 0. The standard InChI is InChI=1S/C11H15N3O/c1-8(2)5-6-13-10-4-3-9(7-14-10)11(12)15/h3-5,7H,6H2,1-2H3,(H2,12,15)(H,13,14). The second-order valence-corrected chi connectivity index (χ2v) is 3.46. The van der Waals surface area contributed by atoms with E-state index in [1.807, 2.05) is 13.8 Å². The minimum absolute atomic E-state index is 0.419. The molecule has 0 saturated carbocycles. The lowest BCUT2D eigenvalue weighted by Gasteiger charge is -2.02. The normalized spacial score (nSPS) is 9.47. The van der Waals surface area contributed by atoms with Crippen LogP contribution in [0.5, 0.6) is 0 Å². The summed E-state index contributed by atoms with van der Waals surface area (Å²) in [5.41, 5.74) is 6.76. The lowest BCUT2D eigenvalue weighted by molar-refractivity contribution is 0.1000. The number of nitrogens with one attached hydrogen (secondary N) is 1. The average Bonchev–Trinajstić information content (AvgIpc) is 2.18. The number of hydrogen-bond donors (Lipinski definition) is 2. The number of amides is 1. The van der Waals surface area contributed by atoms with Gasteiger partial charge in [0.15, 0.2) is 0 Å². The Kier molecular flexibility index (Phi) is 3.85. The fraction of sp³-hybridized carbons (Fsp3) is 0.273. The molecular formula is C11H15N3O. The number of rotatable bonds is 4. The quantitative estimate of drug-likeness (QED) is 0.733. The molecule has 1 heterocycles. The Morgan fingerprint density at radius 3 is 2.73 bits per heavy atom. The number of hydrogen-bond acceptors (Lipinski definition) is 3. The van der Waals surface area contributed by atoms with E-state index >= 15 is 0 Å². The molecule has 1 aromatic heterocycles. The highest BCUT2D eigenvalue weighted by Crippen LogP contribution is 2.04. The van der Waals surface area contributed by atoms with Crippen LogP contribution in [0.25, 0.3) is 0 Å². The SMILES string of the molecule is CC(C)=CCNc1ccc(C(N)=O)cn1. The van der Waals surface area contributed by atoms with Gasteiger partial charge in [0, 0.05) is 12.7 Å². The van der Waals surface area contributed by atoms with Crippen LogP contribution >= 0.6 is 0 Å². The monoisotopic (exact) mass is 205 g/mol. The van der Waals surface area contributed by atoms with Crippen LogP contribution in [0.4, 0.5) is 5.82 Å². The van der Waals surface area contributed by atoms with Crippen molar-refractivity contribution in [2.75, 3.05) is 11.9 Å². The second kappa shape index (κ2) is 5.14. The van der Waals surface area contributed by atoms with Crippen LogP contribution in [0.2, 0.25) is 0 Å². The van der Waals surface area contributed by atoms with Gasteiger partial charge in [-0.15, -0.1) is 0 Å². The van der Waals surface area contributed by atoms with Crippen LogP contribution in [-0.2, 0) is 0 Å². The van der Waals surface area contributed by atoms with Gasteiger partial charge in [-0.2, -0.15) is 0 Å². The summed E-state index contributed by atoms with van der Waals surface area (Å²) < 4.78 is 0. The molecule has 0 atom stereocenters. The van der Waals surface area contributed by atoms with Crippen LogP contribution in [0.3, 0.4) is 0 Å². The van der Waals surface area contributed by atoms with Crippen molar-refractivity contribution in [3.63, 3.8) is 0 Å². The first-order chi connectivity index (χ1) is 7.09. The lowest BCUT2D eigenvalue weighted by Crippen LogP contribution is -2.11. The van der Waals surface area contributed by atoms with E-state index in [0.29, 0.717) is 5.56 Å². The summed E-state index contributed by atoms with van der Waals surface area (Å²) in [5, 5.41) is 3.10. The molecule has 0 radical (unpaired) electrons. The van der Waals surface area contributed by atoms with Gasteiger partial charge in [-0.3, -0.25) is 4.79 Å². The molecule has 80 valence electrons. The highest BCUT2D eigenvalue weighted by Gasteiger charge is 1.99. The number of nitrogens with two attached hydrogens (primary N) is 1. The van der Waals surface area contributed by atoms with Gasteiger partial charge < -0.3 is 11.1 Å². The zero-order valence-corrected chi connectivity index (χ0v) is 8.95. The van der Waals surface area contributed by atoms with Gasteiger partial charge in [0.2, 0.25) is 5.91 Å². The maximum absolute atomic E-state index is 10.8. The Morgan fingerprint density at radius 1 is 1.53 bits per heavy atom. The summed E-state index contributed by atoms with van der Waals surface area (Å²) in [6.45, 7) is 4.79. The largest absolute Gasteiger partial charge is 0.367 e. The van der Waals surface area contributed by atoms with Crippen molar-refractivity contribution in [3.8, 4) is 0 Å². The van der Waals surface area contributed by atoms with Crippen molar-refractivity contribution in [1.29, 1.82) is 0 Å². The first-order valence-electron chi connectivity index (χ1n) is 4.72. The molecule has 0 aliphatic heterocycles. The van der Waals surface area contributed by atoms with Crippen LogP contribution < -0.4 is 11.1 Å². The fourth-order valence-electron chi connectivity index (χ4n) is 1.00. The number of carbonyl (C=O) groups is 1. The molecule has 0 spiro atoms. The van der Waals surface area contributed by atoms with Crippen LogP contribution in [0, 0.1) is 0 Å². The van der Waals surface area contributed by atoms with E-state index in [1.54, 1.807) is 12.1 Å². The molecular weight excluding hydrogens is 190 g/mol. The Hall–Kier alpha value is -1.84. The first kappa shape index (κ1) is 11.2. The Labute approximate surface area is 89.2 Å². The second-order valence-electron chi connectivity index (χ2n) is 3.46. The molecule has 0 saturated heterocycles. The Morgan fingerprint density at radius 2 is 2.27 bits per heavy atom. The lowest BCUT2D eigenvalue weighted by atomic mass is 10.3. The number of carbonyl (C=O) groups excluding carboxylic acids is 1. The smallest absolute Gasteiger partial charge is 0.250 e. The van der Waals surface area contributed by atoms with Crippen molar-refractivity contribution in [2.24, 2.45) is 5.73 Å². The molecule has 3 N–H and O–H groups in total. The third-order valence-electron chi connectivity index (χ3n) is 1.84. The van der Waals surface area contributed by atoms with E-state index in [9.17, 15) is 4.79 Å². The van der Waals surface area contributed by atoms with Gasteiger partial charge in [0.25, 0.3) is 0 Å². The molecule has 0 unspecified atom stereocenters. The number of aromatic nitrogens is 1. The van der Waals surface area contributed by atoms with E-state index in [0.717, 1.165) is 12.4 Å². The third-order valence-corrected chi connectivity index (χ3v) is 1.84. The van der Waals surface area contributed by atoms with Crippen molar-refractivity contribution < 1.29 is 4.79 Å². The zero-order chi connectivity index (χ0) is 11.3. The fourth-order valence-corrected chi connectivity index (χ4v) is 1.00. The molecule has 0 aliphatic rings. The Bertz CT molecular complexity index is 364. The topological polar surface area (TPSA) is 68.0 Å². The van der Waals surface area contributed by atoms with Crippen molar-refractivity contribution in [2.45, 2.75) is 13.8 Å². The van der Waals surface area contributed by atoms with Crippen molar-refractivity contribution in [3.05, 3.63) is 35.5 Å². The van der Waals surface area contributed by atoms with E-state index in [-0.39, 0.29) is 0 Å². The van der Waals surface area contributed by atoms with Crippen LogP contribution in [-0.4, -0.2) is 17.4 Å². The number of pyridine rings is 1. The molecule has 4 nitrogen and oxygen atoms in total. The molecule has 4 heteroatoms. The van der Waals surface area contributed by atoms with Gasteiger partial charge in [0.1, 0.15) is 5.82 Å². The van der Waals surface area contributed by atoms with Crippen molar-refractivity contribution in [1.82, 2.24) is 4.98 Å². The van der Waals surface area contributed by atoms with Gasteiger partial charge >= 0.3 is 0 Å².